The van der Waals surface area contributed by atoms with Gasteiger partial charge >= 0.3 is 0 Å². The summed E-state index contributed by atoms with van der Waals surface area (Å²) in [4.78, 5) is 1.49. The van der Waals surface area contributed by atoms with Crippen molar-refractivity contribution in [2.75, 3.05) is 25.5 Å². The van der Waals surface area contributed by atoms with Crippen molar-refractivity contribution in [3.63, 3.8) is 0 Å². The van der Waals surface area contributed by atoms with E-state index in [2.05, 4.69) is 47.3 Å². The molecule has 29 heavy (non-hydrogen) atoms. The first-order chi connectivity index (χ1) is 14.1. The monoisotopic (exact) mass is 411 g/mol. The lowest BCUT2D eigenvalue weighted by Gasteiger charge is -2.26. The molecular formula is C24H33N3OS. The SMILES string of the molecule is C=C(NC1CCc2sc(NC)c(C(=C)NCC3CC3)c2C1)OCC1=CCCC=C1. The molecule has 0 amide bonds. The van der Waals surface area contributed by atoms with Crippen LogP contribution in [-0.2, 0) is 17.6 Å². The lowest BCUT2D eigenvalue weighted by molar-refractivity contribution is 0.206. The van der Waals surface area contributed by atoms with Crippen LogP contribution in [0.25, 0.3) is 5.70 Å². The van der Waals surface area contributed by atoms with E-state index in [4.69, 9.17) is 4.74 Å². The van der Waals surface area contributed by atoms with Gasteiger partial charge in [-0.05, 0) is 68.6 Å². The number of allylic oxidation sites excluding steroid dienone is 2. The van der Waals surface area contributed by atoms with Gasteiger partial charge in [-0.25, -0.2) is 0 Å². The third-order valence-electron chi connectivity index (χ3n) is 5.94. The molecule has 0 aromatic carbocycles. The molecule has 156 valence electrons. The van der Waals surface area contributed by atoms with Gasteiger partial charge in [-0.1, -0.05) is 24.8 Å². The van der Waals surface area contributed by atoms with Crippen molar-refractivity contribution >= 4 is 22.0 Å². The molecule has 0 saturated heterocycles. The summed E-state index contributed by atoms with van der Waals surface area (Å²) in [7, 11) is 2.01. The number of aryl methyl sites for hydroxylation is 1. The van der Waals surface area contributed by atoms with Gasteiger partial charge in [0, 0.05) is 35.8 Å². The second-order valence-electron chi connectivity index (χ2n) is 8.32. The van der Waals surface area contributed by atoms with Gasteiger partial charge < -0.3 is 20.7 Å². The van der Waals surface area contributed by atoms with Gasteiger partial charge in [-0.2, -0.15) is 0 Å². The predicted molar refractivity (Wildman–Crippen MR) is 124 cm³/mol. The van der Waals surface area contributed by atoms with Crippen LogP contribution in [0.1, 0.15) is 48.1 Å². The zero-order valence-corrected chi connectivity index (χ0v) is 18.3. The Kier molecular flexibility index (Phi) is 6.34. The molecule has 1 heterocycles. The van der Waals surface area contributed by atoms with E-state index >= 15 is 0 Å². The number of thiophene rings is 1. The average Bonchev–Trinajstić information content (AvgIpc) is 3.50. The zero-order chi connectivity index (χ0) is 20.2. The summed E-state index contributed by atoms with van der Waals surface area (Å²) in [6.45, 7) is 10.1. The highest BCUT2D eigenvalue weighted by Crippen LogP contribution is 2.41. The molecule has 4 nitrogen and oxygen atoms in total. The van der Waals surface area contributed by atoms with Crippen molar-refractivity contribution in [1.29, 1.82) is 0 Å². The highest BCUT2D eigenvalue weighted by Gasteiger charge is 2.28. The normalized spacial score (nSPS) is 20.4. The van der Waals surface area contributed by atoms with Gasteiger partial charge in [-0.3, -0.25) is 0 Å². The van der Waals surface area contributed by atoms with Crippen LogP contribution >= 0.6 is 11.3 Å². The molecule has 3 aliphatic rings. The molecule has 3 aliphatic carbocycles. The second kappa shape index (κ2) is 9.12. The third-order valence-corrected chi connectivity index (χ3v) is 7.25. The Balaban J connectivity index is 1.37. The van der Waals surface area contributed by atoms with Crippen LogP contribution < -0.4 is 16.0 Å². The van der Waals surface area contributed by atoms with Crippen LogP contribution in [0, 0.1) is 5.92 Å². The quantitative estimate of drug-likeness (QED) is 0.476. The number of hydrogen-bond acceptors (Lipinski definition) is 5. The summed E-state index contributed by atoms with van der Waals surface area (Å²) in [5, 5.41) is 11.7. The Labute approximate surface area is 178 Å². The molecule has 5 heteroatoms. The topological polar surface area (TPSA) is 45.3 Å². The molecule has 1 aromatic rings. The minimum Gasteiger partial charge on any atom is -0.475 e. The van der Waals surface area contributed by atoms with E-state index in [-0.39, 0.29) is 0 Å². The van der Waals surface area contributed by atoms with Crippen LogP contribution in [0.2, 0.25) is 0 Å². The molecule has 4 rings (SSSR count). The number of rotatable bonds is 10. The third kappa shape index (κ3) is 5.08. The van der Waals surface area contributed by atoms with Gasteiger partial charge in [0.25, 0.3) is 0 Å². The van der Waals surface area contributed by atoms with Crippen molar-refractivity contribution in [1.82, 2.24) is 10.6 Å². The first-order valence-corrected chi connectivity index (χ1v) is 11.6. The smallest absolute Gasteiger partial charge is 0.179 e. The van der Waals surface area contributed by atoms with E-state index < -0.39 is 0 Å². The fourth-order valence-electron chi connectivity index (χ4n) is 4.09. The number of hydrogen-bond donors (Lipinski definition) is 3. The Morgan fingerprint density at radius 2 is 2.10 bits per heavy atom. The van der Waals surface area contributed by atoms with Crippen molar-refractivity contribution < 1.29 is 4.74 Å². The van der Waals surface area contributed by atoms with E-state index in [0.29, 0.717) is 18.5 Å². The molecule has 1 unspecified atom stereocenters. The Morgan fingerprint density at radius 3 is 2.83 bits per heavy atom. The molecule has 0 radical (unpaired) electrons. The highest BCUT2D eigenvalue weighted by atomic mass is 32.1. The molecule has 0 bridgehead atoms. The van der Waals surface area contributed by atoms with Crippen molar-refractivity contribution in [2.24, 2.45) is 5.92 Å². The number of fused-ring (bicyclic) bond motifs is 1. The van der Waals surface area contributed by atoms with E-state index in [1.807, 2.05) is 18.4 Å². The Morgan fingerprint density at radius 1 is 1.24 bits per heavy atom. The molecule has 3 N–H and O–H groups in total. The summed E-state index contributed by atoms with van der Waals surface area (Å²) in [6, 6.07) is 0.347. The maximum atomic E-state index is 5.88. The minimum absolute atomic E-state index is 0.347. The summed E-state index contributed by atoms with van der Waals surface area (Å²) < 4.78 is 5.88. The number of anilines is 1. The Hall–Kier alpha value is -2.14. The summed E-state index contributed by atoms with van der Waals surface area (Å²) >= 11 is 1.88. The van der Waals surface area contributed by atoms with Crippen LogP contribution in [-0.4, -0.2) is 26.2 Å². The fourth-order valence-corrected chi connectivity index (χ4v) is 5.32. The van der Waals surface area contributed by atoms with Crippen molar-refractivity contribution in [2.45, 2.75) is 51.0 Å². The van der Waals surface area contributed by atoms with Crippen LogP contribution in [0.15, 0.2) is 42.8 Å². The maximum absolute atomic E-state index is 5.88. The van der Waals surface area contributed by atoms with E-state index in [9.17, 15) is 0 Å². The van der Waals surface area contributed by atoms with Crippen LogP contribution in [0.3, 0.4) is 0 Å². The van der Waals surface area contributed by atoms with E-state index in [1.165, 1.54) is 39.4 Å². The van der Waals surface area contributed by atoms with Crippen molar-refractivity contribution in [3.05, 3.63) is 58.8 Å². The van der Waals surface area contributed by atoms with Crippen LogP contribution in [0.5, 0.6) is 0 Å². The molecule has 1 aromatic heterocycles. The molecule has 1 saturated carbocycles. The first-order valence-electron chi connectivity index (χ1n) is 10.8. The van der Waals surface area contributed by atoms with Gasteiger partial charge in [-0.15, -0.1) is 11.3 Å². The summed E-state index contributed by atoms with van der Waals surface area (Å²) in [5.74, 6) is 1.51. The average molecular weight is 412 g/mol. The lowest BCUT2D eigenvalue weighted by atomic mass is 9.90. The molecule has 0 spiro atoms. The highest BCUT2D eigenvalue weighted by molar-refractivity contribution is 7.16. The van der Waals surface area contributed by atoms with Gasteiger partial charge in [0.15, 0.2) is 5.88 Å². The fraction of sp³-hybridized carbons (Fsp3) is 0.500. The molecule has 1 fully saturated rings. The maximum Gasteiger partial charge on any atom is 0.179 e. The minimum atomic E-state index is 0.347. The number of nitrogens with one attached hydrogen (secondary N) is 3. The van der Waals surface area contributed by atoms with Gasteiger partial charge in [0.1, 0.15) is 6.61 Å². The lowest BCUT2D eigenvalue weighted by Crippen LogP contribution is -2.34. The van der Waals surface area contributed by atoms with E-state index in [0.717, 1.165) is 50.3 Å². The largest absolute Gasteiger partial charge is 0.475 e. The predicted octanol–water partition coefficient (Wildman–Crippen LogP) is 4.97. The van der Waals surface area contributed by atoms with Gasteiger partial charge in [0.05, 0.1) is 5.00 Å². The van der Waals surface area contributed by atoms with Crippen molar-refractivity contribution in [3.8, 4) is 0 Å². The van der Waals surface area contributed by atoms with E-state index in [1.54, 1.807) is 0 Å². The summed E-state index contributed by atoms with van der Waals surface area (Å²) in [6.07, 6.45) is 14.7. The number of ether oxygens (including phenoxy) is 1. The zero-order valence-electron chi connectivity index (χ0n) is 17.5. The molecule has 0 aliphatic heterocycles. The molecular weight excluding hydrogens is 378 g/mol. The Bertz CT molecular complexity index is 831. The van der Waals surface area contributed by atoms with Crippen LogP contribution in [0.4, 0.5) is 5.00 Å². The standard InChI is InChI=1S/C24H33N3OS/c1-16(26-14-18-9-10-18)23-21-13-20(11-12-22(21)29-24(23)25-3)27-17(2)28-15-19-7-5-4-6-8-19/h5,7-8,18,20,25-27H,1-2,4,6,9-15H2,3H3. The summed E-state index contributed by atoms with van der Waals surface area (Å²) in [5.41, 5.74) is 5.01. The second-order valence-corrected chi connectivity index (χ2v) is 9.42. The molecule has 1 atom stereocenters. The van der Waals surface area contributed by atoms with Gasteiger partial charge in [0.2, 0.25) is 0 Å². The first kappa shape index (κ1) is 20.1.